The molecule has 0 radical (unpaired) electrons. The van der Waals surface area contributed by atoms with Crippen LogP contribution in [0.1, 0.15) is 329 Å². The lowest BCUT2D eigenvalue weighted by atomic mass is 10.0. The summed E-state index contributed by atoms with van der Waals surface area (Å²) in [6, 6.07) is 0. The highest BCUT2D eigenvalue weighted by Gasteiger charge is 2.19. The molecular weight excluding hydrogens is 901 g/mol. The van der Waals surface area contributed by atoms with E-state index >= 15 is 0 Å². The maximum Gasteiger partial charge on any atom is 0.306 e. The fourth-order valence-electron chi connectivity index (χ4n) is 9.19. The average molecular weight is 1020 g/mol. The Bertz CT molecular complexity index is 1310. The third-order valence-corrected chi connectivity index (χ3v) is 14.0. The summed E-state index contributed by atoms with van der Waals surface area (Å²) < 4.78 is 16.9. The van der Waals surface area contributed by atoms with Crippen molar-refractivity contribution in [1.82, 2.24) is 0 Å². The van der Waals surface area contributed by atoms with Crippen LogP contribution in [-0.2, 0) is 28.6 Å². The van der Waals surface area contributed by atoms with E-state index in [2.05, 4.69) is 81.5 Å². The highest BCUT2D eigenvalue weighted by atomic mass is 16.6. The van der Waals surface area contributed by atoms with Crippen LogP contribution in [0.2, 0.25) is 0 Å². The van der Waals surface area contributed by atoms with Gasteiger partial charge in [0.1, 0.15) is 13.2 Å². The molecule has 0 aromatic carbocycles. The van der Waals surface area contributed by atoms with Crippen LogP contribution in [0.25, 0.3) is 0 Å². The van der Waals surface area contributed by atoms with Gasteiger partial charge in [0.25, 0.3) is 0 Å². The standard InChI is InChI=1S/C67H120O6/c1-4-7-10-13-16-19-22-25-28-31-33-36-39-42-45-48-51-54-57-60-66(69)72-63-64(62-71-65(68)59-56-53-50-47-44-41-38-35-30-27-24-21-18-15-12-9-6-3)73-67(70)61-58-55-52-49-46-43-40-37-34-32-29-26-23-20-17-14-11-8-5-2/h16,19,25-26,28-29,33,36,42,45,64H,4-15,17-18,20-24,27,30-32,34-35,37-41,43-44,46-63H2,1-3H3/b19-16+,28-25+,29-26+,36-33+,45-42+/t64-/m1/s1. The van der Waals surface area contributed by atoms with Crippen LogP contribution in [0.4, 0.5) is 0 Å². The Morgan fingerprint density at radius 1 is 0.274 bits per heavy atom. The van der Waals surface area contributed by atoms with E-state index in [9.17, 15) is 14.4 Å². The first-order valence-corrected chi connectivity index (χ1v) is 31.8. The molecule has 0 bridgehead atoms. The summed E-state index contributed by atoms with van der Waals surface area (Å²) in [7, 11) is 0. The first-order chi connectivity index (χ1) is 36.0. The van der Waals surface area contributed by atoms with E-state index in [0.29, 0.717) is 19.3 Å². The molecule has 0 spiro atoms. The minimum atomic E-state index is -0.788. The maximum atomic E-state index is 12.9. The molecule has 0 aromatic rings. The quantitative estimate of drug-likeness (QED) is 0.0261. The molecule has 0 amide bonds. The maximum absolute atomic E-state index is 12.9. The second-order valence-corrected chi connectivity index (χ2v) is 21.3. The fourth-order valence-corrected chi connectivity index (χ4v) is 9.19. The Labute approximate surface area is 453 Å². The molecule has 0 N–H and O–H groups in total. The van der Waals surface area contributed by atoms with Gasteiger partial charge in [-0.25, -0.2) is 0 Å². The van der Waals surface area contributed by atoms with Gasteiger partial charge >= 0.3 is 17.9 Å². The van der Waals surface area contributed by atoms with Crippen molar-refractivity contribution in [3.05, 3.63) is 60.8 Å². The van der Waals surface area contributed by atoms with Gasteiger partial charge < -0.3 is 14.2 Å². The molecule has 6 nitrogen and oxygen atoms in total. The van der Waals surface area contributed by atoms with Gasteiger partial charge in [-0.2, -0.15) is 0 Å². The lowest BCUT2D eigenvalue weighted by Crippen LogP contribution is -2.30. The number of hydrogen-bond donors (Lipinski definition) is 0. The van der Waals surface area contributed by atoms with Crippen molar-refractivity contribution in [3.63, 3.8) is 0 Å². The topological polar surface area (TPSA) is 78.9 Å². The molecule has 1 atom stereocenters. The number of ether oxygens (including phenoxy) is 3. The van der Waals surface area contributed by atoms with Crippen molar-refractivity contribution < 1.29 is 28.6 Å². The zero-order valence-electron chi connectivity index (χ0n) is 48.7. The highest BCUT2D eigenvalue weighted by Crippen LogP contribution is 2.17. The predicted octanol–water partition coefficient (Wildman–Crippen LogP) is 21.6. The third-order valence-electron chi connectivity index (χ3n) is 14.0. The summed E-state index contributed by atoms with van der Waals surface area (Å²) in [6.07, 6.45) is 77.9. The lowest BCUT2D eigenvalue weighted by molar-refractivity contribution is -0.167. The summed E-state index contributed by atoms with van der Waals surface area (Å²) in [5, 5.41) is 0. The number of unbranched alkanes of at least 4 members (excludes halogenated alkanes) is 37. The first-order valence-electron chi connectivity index (χ1n) is 31.8. The monoisotopic (exact) mass is 1020 g/mol. The number of rotatable bonds is 58. The molecule has 0 aliphatic rings. The van der Waals surface area contributed by atoms with Crippen LogP contribution in [0.3, 0.4) is 0 Å². The van der Waals surface area contributed by atoms with E-state index < -0.39 is 6.10 Å². The molecule has 0 saturated carbocycles. The first kappa shape index (κ1) is 70.1. The van der Waals surface area contributed by atoms with Crippen LogP contribution in [-0.4, -0.2) is 37.2 Å². The van der Waals surface area contributed by atoms with Gasteiger partial charge in [-0.05, 0) is 89.9 Å². The van der Waals surface area contributed by atoms with Gasteiger partial charge in [-0.15, -0.1) is 0 Å². The molecule has 0 heterocycles. The van der Waals surface area contributed by atoms with E-state index in [1.165, 1.54) is 205 Å². The molecular formula is C67H120O6. The van der Waals surface area contributed by atoms with Crippen molar-refractivity contribution in [3.8, 4) is 0 Å². The largest absolute Gasteiger partial charge is 0.462 e. The predicted molar refractivity (Wildman–Crippen MR) is 316 cm³/mol. The van der Waals surface area contributed by atoms with E-state index in [1.54, 1.807) is 0 Å². The Hall–Kier alpha value is -2.89. The van der Waals surface area contributed by atoms with Gasteiger partial charge in [0.15, 0.2) is 6.10 Å². The summed E-state index contributed by atoms with van der Waals surface area (Å²) in [5.41, 5.74) is 0. The Morgan fingerprint density at radius 3 is 0.822 bits per heavy atom. The Kier molecular flexibility index (Phi) is 59.2. The van der Waals surface area contributed by atoms with Crippen LogP contribution < -0.4 is 0 Å². The molecule has 424 valence electrons. The average Bonchev–Trinajstić information content (AvgIpc) is 3.39. The number of carbonyl (C=O) groups excluding carboxylic acids is 3. The van der Waals surface area contributed by atoms with Crippen molar-refractivity contribution in [2.24, 2.45) is 0 Å². The molecule has 0 aliphatic heterocycles. The minimum Gasteiger partial charge on any atom is -0.462 e. The van der Waals surface area contributed by atoms with E-state index in [-0.39, 0.29) is 31.1 Å². The van der Waals surface area contributed by atoms with Gasteiger partial charge in [0.2, 0.25) is 0 Å². The van der Waals surface area contributed by atoms with E-state index in [0.717, 1.165) is 83.5 Å². The van der Waals surface area contributed by atoms with E-state index in [4.69, 9.17) is 14.2 Å². The summed E-state index contributed by atoms with van der Waals surface area (Å²) >= 11 is 0. The third kappa shape index (κ3) is 59.9. The number of carbonyl (C=O) groups is 3. The summed E-state index contributed by atoms with van der Waals surface area (Å²) in [4.78, 5) is 38.3. The number of allylic oxidation sites excluding steroid dienone is 10. The lowest BCUT2D eigenvalue weighted by Gasteiger charge is -2.18. The van der Waals surface area contributed by atoms with Gasteiger partial charge in [-0.1, -0.05) is 281 Å². The van der Waals surface area contributed by atoms with Crippen molar-refractivity contribution in [2.75, 3.05) is 13.2 Å². The minimum absolute atomic E-state index is 0.0820. The zero-order valence-corrected chi connectivity index (χ0v) is 48.7. The molecule has 73 heavy (non-hydrogen) atoms. The fraction of sp³-hybridized carbons (Fsp3) is 0.806. The van der Waals surface area contributed by atoms with Gasteiger partial charge in [-0.3, -0.25) is 14.4 Å². The smallest absolute Gasteiger partial charge is 0.306 e. The number of hydrogen-bond acceptors (Lipinski definition) is 6. The zero-order chi connectivity index (χ0) is 52.9. The molecule has 0 saturated heterocycles. The van der Waals surface area contributed by atoms with Crippen LogP contribution in [0.15, 0.2) is 60.8 Å². The SMILES string of the molecule is CCCCC/C=C/C/C=C/C/C=C/C/C=C/CCCCCC(=O)OC[C@@H](COC(=O)CCCCCCCCCCCCCCCCCCC)OC(=O)CCCCCCCCCCC/C=C/CCCCCCCC. The number of esters is 3. The second-order valence-electron chi connectivity index (χ2n) is 21.3. The van der Waals surface area contributed by atoms with Gasteiger partial charge in [0.05, 0.1) is 0 Å². The highest BCUT2D eigenvalue weighted by molar-refractivity contribution is 5.71. The summed E-state index contributed by atoms with van der Waals surface area (Å²) in [6.45, 7) is 6.63. The molecule has 0 unspecified atom stereocenters. The summed E-state index contributed by atoms with van der Waals surface area (Å²) in [5.74, 6) is -0.898. The van der Waals surface area contributed by atoms with Crippen LogP contribution in [0.5, 0.6) is 0 Å². The van der Waals surface area contributed by atoms with Crippen LogP contribution >= 0.6 is 0 Å². The molecule has 0 aromatic heterocycles. The van der Waals surface area contributed by atoms with E-state index in [1.807, 2.05) is 0 Å². The van der Waals surface area contributed by atoms with Crippen LogP contribution in [0, 0.1) is 0 Å². The normalized spacial score (nSPS) is 12.4. The second kappa shape index (κ2) is 61.7. The Balaban J connectivity index is 4.41. The van der Waals surface area contributed by atoms with Gasteiger partial charge in [0, 0.05) is 19.3 Å². The van der Waals surface area contributed by atoms with Crippen molar-refractivity contribution in [2.45, 2.75) is 335 Å². The Morgan fingerprint density at radius 2 is 0.493 bits per heavy atom. The molecule has 6 heteroatoms. The van der Waals surface area contributed by atoms with Crippen molar-refractivity contribution in [1.29, 1.82) is 0 Å². The molecule has 0 aliphatic carbocycles. The molecule has 0 rings (SSSR count). The van der Waals surface area contributed by atoms with Crippen molar-refractivity contribution >= 4 is 17.9 Å². The molecule has 0 fully saturated rings.